The molecule has 1 amide bonds. The van der Waals surface area contributed by atoms with E-state index < -0.39 is 6.16 Å². The summed E-state index contributed by atoms with van der Waals surface area (Å²) in [5.41, 5.74) is 4.06. The Morgan fingerprint density at radius 2 is 1.52 bits per heavy atom. The number of benzene rings is 2. The number of nitrogens with zero attached hydrogens (tertiary/aromatic N) is 3. The van der Waals surface area contributed by atoms with E-state index in [2.05, 4.69) is 41.0 Å². The van der Waals surface area contributed by atoms with Gasteiger partial charge in [-0.25, -0.2) is 9.18 Å². The number of hydrogen-bond acceptors (Lipinski definition) is 7. The van der Waals surface area contributed by atoms with Crippen LogP contribution in [0.4, 0.5) is 20.6 Å². The minimum absolute atomic E-state index is 0.0402. The molecule has 48 heavy (non-hydrogen) atoms. The number of carbonyl (C=O) groups excluding carboxylic acids is 2. The van der Waals surface area contributed by atoms with E-state index in [-0.39, 0.29) is 18.5 Å². The third-order valence-electron chi connectivity index (χ3n) is 9.82. The van der Waals surface area contributed by atoms with Crippen molar-refractivity contribution in [2.24, 2.45) is 0 Å². The highest BCUT2D eigenvalue weighted by atomic mass is 32.1. The van der Waals surface area contributed by atoms with Crippen LogP contribution in [0.15, 0.2) is 41.8 Å². The van der Waals surface area contributed by atoms with Crippen molar-refractivity contribution in [3.05, 3.63) is 58.7 Å². The van der Waals surface area contributed by atoms with Crippen LogP contribution in [-0.4, -0.2) is 63.0 Å². The molecular formula is C39H54FN3O4S. The van der Waals surface area contributed by atoms with Gasteiger partial charge in [-0.2, -0.15) is 0 Å². The van der Waals surface area contributed by atoms with Crippen molar-refractivity contribution in [3.8, 4) is 0 Å². The Hall–Kier alpha value is -3.17. The van der Waals surface area contributed by atoms with E-state index in [4.69, 9.17) is 9.47 Å². The lowest BCUT2D eigenvalue weighted by atomic mass is 9.98. The highest BCUT2D eigenvalue weighted by Crippen LogP contribution is 2.33. The molecule has 5 rings (SSSR count). The molecule has 0 N–H and O–H groups in total. The van der Waals surface area contributed by atoms with Crippen LogP contribution in [0.1, 0.15) is 102 Å². The van der Waals surface area contributed by atoms with Gasteiger partial charge in [-0.1, -0.05) is 89.7 Å². The second-order valence-electron chi connectivity index (χ2n) is 13.4. The molecule has 1 saturated heterocycles. The Balaban J connectivity index is 0.990. The maximum Gasteiger partial charge on any atom is 0.510 e. The molecule has 0 spiro atoms. The Bertz CT molecular complexity index is 1450. The molecule has 0 bridgehead atoms. The predicted octanol–water partition coefficient (Wildman–Crippen LogP) is 9.50. The molecule has 2 aromatic carbocycles. The summed E-state index contributed by atoms with van der Waals surface area (Å²) >= 11 is 1.58. The molecule has 0 unspecified atom stereocenters. The van der Waals surface area contributed by atoms with E-state index >= 15 is 0 Å². The summed E-state index contributed by atoms with van der Waals surface area (Å²) in [4.78, 5) is 31.5. The number of thiophene rings is 1. The molecule has 9 heteroatoms. The molecule has 3 heterocycles. The fourth-order valence-corrected chi connectivity index (χ4v) is 7.75. The Labute approximate surface area is 290 Å². The number of ether oxygens (including phenoxy) is 2. The van der Waals surface area contributed by atoms with Crippen LogP contribution in [0.25, 0.3) is 10.1 Å². The lowest BCUT2D eigenvalue weighted by Crippen LogP contribution is -2.47. The van der Waals surface area contributed by atoms with Gasteiger partial charge in [0.05, 0.1) is 12.3 Å². The lowest BCUT2D eigenvalue weighted by Gasteiger charge is -2.36. The zero-order chi connectivity index (χ0) is 33.6. The number of unbranched alkanes of at least 4 members (excludes halogenated alkanes) is 11. The van der Waals surface area contributed by atoms with Crippen LogP contribution in [-0.2, 0) is 27.1 Å². The summed E-state index contributed by atoms with van der Waals surface area (Å²) in [7, 11) is 0. The summed E-state index contributed by atoms with van der Waals surface area (Å²) in [5.74, 6) is -0.221. The van der Waals surface area contributed by atoms with Crippen molar-refractivity contribution >= 4 is 44.9 Å². The first-order valence-corrected chi connectivity index (χ1v) is 19.3. The average Bonchev–Trinajstić information content (AvgIpc) is 3.57. The third-order valence-corrected chi connectivity index (χ3v) is 10.7. The van der Waals surface area contributed by atoms with Crippen molar-refractivity contribution in [3.63, 3.8) is 0 Å². The number of rotatable bonds is 19. The monoisotopic (exact) mass is 679 g/mol. The number of anilines is 2. The van der Waals surface area contributed by atoms with Gasteiger partial charge in [-0.15, -0.1) is 11.3 Å². The van der Waals surface area contributed by atoms with Gasteiger partial charge in [0, 0.05) is 54.9 Å². The maximum absolute atomic E-state index is 14.2. The fraction of sp³-hybridized carbons (Fsp3) is 0.590. The maximum atomic E-state index is 14.2. The normalized spacial score (nSPS) is 15.2. The first-order valence-electron chi connectivity index (χ1n) is 18.4. The summed E-state index contributed by atoms with van der Waals surface area (Å²) in [6.07, 6.45) is 16.3. The summed E-state index contributed by atoms with van der Waals surface area (Å²) in [6.45, 7) is 6.90. The fourth-order valence-electron chi connectivity index (χ4n) is 6.92. The largest absolute Gasteiger partial charge is 0.510 e. The highest BCUT2D eigenvalue weighted by molar-refractivity contribution is 7.17. The number of aryl methyl sites for hydroxylation is 1. The number of carbonyl (C=O) groups is 2. The quantitative estimate of drug-likeness (QED) is 0.0929. The molecule has 1 fully saturated rings. The van der Waals surface area contributed by atoms with E-state index in [1.54, 1.807) is 28.4 Å². The third kappa shape index (κ3) is 10.7. The number of piperazine rings is 1. The van der Waals surface area contributed by atoms with Gasteiger partial charge in [0.15, 0.2) is 6.73 Å². The number of hydrogen-bond donors (Lipinski definition) is 0. The Morgan fingerprint density at radius 3 is 2.25 bits per heavy atom. The standard InChI is InChI=1S/C39H54FN3O4S/c1-2-3-4-5-6-7-8-9-10-11-12-13-25-46-39(45)47-30-43-35-27-31(14-15-32(35)16-17-38(43)44)18-20-41-21-23-42(24-22-41)36-28-33(40)29-37-34(36)19-26-48-37/h14-15,19,26-29H,2-13,16-18,20-25,30H2,1H3. The molecule has 0 radical (unpaired) electrons. The van der Waals surface area contributed by atoms with E-state index in [0.717, 1.165) is 84.6 Å². The second-order valence-corrected chi connectivity index (χ2v) is 14.3. The van der Waals surface area contributed by atoms with E-state index in [1.165, 1.54) is 64.2 Å². The second kappa shape index (κ2) is 19.1. The SMILES string of the molecule is CCCCCCCCCCCCCCOC(=O)OCN1C(=O)CCc2ccc(CCN3CCN(c4cc(F)cc5sccc45)CC3)cc21. The molecule has 7 nitrogen and oxygen atoms in total. The molecule has 262 valence electrons. The molecular weight excluding hydrogens is 626 g/mol. The summed E-state index contributed by atoms with van der Waals surface area (Å²) < 4.78 is 25.9. The van der Waals surface area contributed by atoms with E-state index in [0.29, 0.717) is 19.4 Å². The molecule has 2 aliphatic rings. The van der Waals surface area contributed by atoms with Gasteiger partial charge in [0.25, 0.3) is 0 Å². The van der Waals surface area contributed by atoms with Crippen LogP contribution in [0.3, 0.4) is 0 Å². The van der Waals surface area contributed by atoms with E-state index in [1.807, 2.05) is 5.38 Å². The smallest absolute Gasteiger partial charge is 0.434 e. The van der Waals surface area contributed by atoms with Crippen LogP contribution in [0.5, 0.6) is 0 Å². The van der Waals surface area contributed by atoms with Crippen LogP contribution in [0.2, 0.25) is 0 Å². The topological polar surface area (TPSA) is 62.3 Å². The van der Waals surface area contributed by atoms with Crippen molar-refractivity contribution < 1.29 is 23.5 Å². The number of amides is 1. The van der Waals surface area contributed by atoms with Crippen molar-refractivity contribution in [1.82, 2.24) is 4.90 Å². The number of fused-ring (bicyclic) bond motifs is 2. The summed E-state index contributed by atoms with van der Waals surface area (Å²) in [6, 6.07) is 11.7. The predicted molar refractivity (Wildman–Crippen MR) is 195 cm³/mol. The molecule has 0 atom stereocenters. The number of halogens is 1. The minimum atomic E-state index is -0.716. The first kappa shape index (κ1) is 36.1. The zero-order valence-corrected chi connectivity index (χ0v) is 29.7. The minimum Gasteiger partial charge on any atom is -0.434 e. The molecule has 1 aromatic heterocycles. The van der Waals surface area contributed by atoms with Gasteiger partial charge < -0.3 is 14.4 Å². The van der Waals surface area contributed by atoms with Gasteiger partial charge in [0.1, 0.15) is 5.82 Å². The van der Waals surface area contributed by atoms with Crippen molar-refractivity contribution in [2.45, 2.75) is 103 Å². The van der Waals surface area contributed by atoms with Crippen LogP contribution < -0.4 is 9.80 Å². The average molecular weight is 680 g/mol. The van der Waals surface area contributed by atoms with Crippen molar-refractivity contribution in [2.75, 3.05) is 55.9 Å². The van der Waals surface area contributed by atoms with Crippen LogP contribution >= 0.6 is 11.3 Å². The molecule has 3 aromatic rings. The zero-order valence-electron chi connectivity index (χ0n) is 28.9. The van der Waals surface area contributed by atoms with Crippen molar-refractivity contribution in [1.29, 1.82) is 0 Å². The van der Waals surface area contributed by atoms with Gasteiger partial charge >= 0.3 is 6.16 Å². The van der Waals surface area contributed by atoms with E-state index in [9.17, 15) is 14.0 Å². The Morgan fingerprint density at radius 1 is 0.812 bits per heavy atom. The van der Waals surface area contributed by atoms with Gasteiger partial charge in [-0.05, 0) is 60.0 Å². The van der Waals surface area contributed by atoms with Gasteiger partial charge in [0.2, 0.25) is 5.91 Å². The lowest BCUT2D eigenvalue weighted by molar-refractivity contribution is -0.119. The first-order chi connectivity index (χ1) is 23.5. The summed E-state index contributed by atoms with van der Waals surface area (Å²) in [5, 5.41) is 3.15. The Kier molecular flexibility index (Phi) is 14.4. The van der Waals surface area contributed by atoms with Crippen LogP contribution in [0, 0.1) is 5.82 Å². The highest BCUT2D eigenvalue weighted by Gasteiger charge is 2.26. The molecule has 2 aliphatic heterocycles. The van der Waals surface area contributed by atoms with Gasteiger partial charge in [-0.3, -0.25) is 14.6 Å². The molecule has 0 aliphatic carbocycles. The molecule has 0 saturated carbocycles.